The Bertz CT molecular complexity index is 562. The highest BCUT2D eigenvalue weighted by atomic mass is 79.9. The van der Waals surface area contributed by atoms with Gasteiger partial charge in [0.1, 0.15) is 5.82 Å². The van der Waals surface area contributed by atoms with Crippen LogP contribution in [-0.2, 0) is 13.5 Å². The van der Waals surface area contributed by atoms with Crippen molar-refractivity contribution in [3.63, 3.8) is 0 Å². The van der Waals surface area contributed by atoms with Crippen LogP contribution in [-0.4, -0.2) is 16.1 Å². The molecule has 2 rings (SSSR count). The molecule has 0 bridgehead atoms. The average molecular weight is 371 g/mol. The molecule has 5 heteroatoms. The lowest BCUT2D eigenvalue weighted by atomic mass is 10.0. The first kappa shape index (κ1) is 16.5. The summed E-state index contributed by atoms with van der Waals surface area (Å²) in [5.41, 5.74) is 1.22. The van der Waals surface area contributed by atoms with Crippen LogP contribution in [0.15, 0.2) is 35.1 Å². The van der Waals surface area contributed by atoms with Crippen LogP contribution in [0, 0.1) is 0 Å². The predicted octanol–water partition coefficient (Wildman–Crippen LogP) is 4.51. The molecule has 0 spiro atoms. The van der Waals surface area contributed by atoms with Crippen molar-refractivity contribution in [3.8, 4) is 0 Å². The fourth-order valence-electron chi connectivity index (χ4n) is 2.39. The number of nitrogens with one attached hydrogen (secondary N) is 1. The van der Waals surface area contributed by atoms with Gasteiger partial charge in [-0.25, -0.2) is 4.98 Å². The van der Waals surface area contributed by atoms with Gasteiger partial charge in [0.05, 0.1) is 0 Å². The number of benzene rings is 1. The van der Waals surface area contributed by atoms with Gasteiger partial charge >= 0.3 is 0 Å². The monoisotopic (exact) mass is 369 g/mol. The van der Waals surface area contributed by atoms with E-state index < -0.39 is 0 Å². The van der Waals surface area contributed by atoms with Crippen LogP contribution in [0.3, 0.4) is 0 Å². The summed E-state index contributed by atoms with van der Waals surface area (Å²) < 4.78 is 3.09. The van der Waals surface area contributed by atoms with Gasteiger partial charge in [-0.15, -0.1) is 0 Å². The zero-order valence-corrected chi connectivity index (χ0v) is 14.8. The van der Waals surface area contributed by atoms with E-state index in [1.54, 1.807) is 0 Å². The van der Waals surface area contributed by atoms with E-state index in [1.807, 2.05) is 31.6 Å². The second-order valence-corrected chi connectivity index (χ2v) is 6.55. The predicted molar refractivity (Wildman–Crippen MR) is 91.7 cm³/mol. The molecular weight excluding hydrogens is 350 g/mol. The van der Waals surface area contributed by atoms with Crippen molar-refractivity contribution in [3.05, 3.63) is 51.5 Å². The van der Waals surface area contributed by atoms with Gasteiger partial charge in [0.25, 0.3) is 0 Å². The Balaban J connectivity index is 2.11. The minimum atomic E-state index is 0.289. The second kappa shape index (κ2) is 7.97. The smallest absolute Gasteiger partial charge is 0.108 e. The van der Waals surface area contributed by atoms with Gasteiger partial charge in [-0.05, 0) is 43.1 Å². The Labute approximate surface area is 139 Å². The molecule has 0 amide bonds. The molecule has 0 saturated carbocycles. The Morgan fingerprint density at radius 2 is 2.19 bits per heavy atom. The van der Waals surface area contributed by atoms with Gasteiger partial charge in [0, 0.05) is 41.4 Å². The van der Waals surface area contributed by atoms with E-state index in [9.17, 15) is 0 Å². The highest BCUT2D eigenvalue weighted by Crippen LogP contribution is 2.26. The Kier molecular flexibility index (Phi) is 6.27. The Morgan fingerprint density at radius 1 is 1.38 bits per heavy atom. The minimum Gasteiger partial charge on any atom is -0.338 e. The van der Waals surface area contributed by atoms with Crippen LogP contribution in [0.5, 0.6) is 0 Å². The summed E-state index contributed by atoms with van der Waals surface area (Å²) in [6.45, 7) is 3.17. The zero-order chi connectivity index (χ0) is 15.2. The van der Waals surface area contributed by atoms with Crippen LogP contribution < -0.4 is 5.32 Å². The van der Waals surface area contributed by atoms with Crippen LogP contribution >= 0.6 is 27.5 Å². The topological polar surface area (TPSA) is 29.9 Å². The van der Waals surface area contributed by atoms with Gasteiger partial charge in [0.15, 0.2) is 0 Å². The molecule has 0 radical (unpaired) electrons. The third kappa shape index (κ3) is 4.83. The van der Waals surface area contributed by atoms with Crippen molar-refractivity contribution >= 4 is 27.5 Å². The molecule has 0 aliphatic heterocycles. The summed E-state index contributed by atoms with van der Waals surface area (Å²) >= 11 is 9.70. The first-order valence-corrected chi connectivity index (χ1v) is 8.42. The molecule has 1 atom stereocenters. The molecule has 0 aliphatic carbocycles. The number of imidazole rings is 1. The number of hydrogen-bond donors (Lipinski definition) is 1. The molecule has 1 heterocycles. The molecule has 1 aromatic carbocycles. The number of halogens is 2. The summed E-state index contributed by atoms with van der Waals surface area (Å²) in [6, 6.07) is 6.38. The normalized spacial score (nSPS) is 12.6. The van der Waals surface area contributed by atoms with Crippen molar-refractivity contribution in [1.29, 1.82) is 0 Å². The maximum atomic E-state index is 6.18. The summed E-state index contributed by atoms with van der Waals surface area (Å²) in [4.78, 5) is 4.40. The van der Waals surface area contributed by atoms with Gasteiger partial charge in [-0.1, -0.05) is 34.5 Å². The van der Waals surface area contributed by atoms with E-state index in [0.717, 1.165) is 41.1 Å². The summed E-state index contributed by atoms with van der Waals surface area (Å²) in [7, 11) is 2.03. The highest BCUT2D eigenvalue weighted by Gasteiger charge is 2.13. The molecule has 0 fully saturated rings. The van der Waals surface area contributed by atoms with Gasteiger partial charge in [0.2, 0.25) is 0 Å². The maximum Gasteiger partial charge on any atom is 0.108 e. The fraction of sp³-hybridized carbons (Fsp3) is 0.438. The molecule has 0 saturated heterocycles. The first-order valence-electron chi connectivity index (χ1n) is 7.25. The van der Waals surface area contributed by atoms with E-state index in [0.29, 0.717) is 0 Å². The quantitative estimate of drug-likeness (QED) is 0.777. The molecule has 1 N–H and O–H groups in total. The lowest BCUT2D eigenvalue weighted by Gasteiger charge is -2.19. The lowest BCUT2D eigenvalue weighted by Crippen LogP contribution is -2.23. The molecule has 1 aromatic heterocycles. The van der Waals surface area contributed by atoms with Crippen molar-refractivity contribution in [2.45, 2.75) is 32.2 Å². The average Bonchev–Trinajstić information content (AvgIpc) is 2.83. The number of aromatic nitrogens is 2. The Hall–Kier alpha value is -0.840. The standard InChI is InChI=1S/C16H21BrClN3/c1-3-6-19-15(4-5-16-20-7-8-21(16)2)12-9-13(17)11-14(18)10-12/h7-11,15,19H,3-6H2,1-2H3. The van der Waals surface area contributed by atoms with Crippen molar-refractivity contribution in [2.24, 2.45) is 7.05 Å². The maximum absolute atomic E-state index is 6.18. The molecule has 2 aromatic rings. The van der Waals surface area contributed by atoms with E-state index in [1.165, 1.54) is 5.56 Å². The molecule has 0 aliphatic rings. The van der Waals surface area contributed by atoms with E-state index in [-0.39, 0.29) is 6.04 Å². The summed E-state index contributed by atoms with van der Waals surface area (Å²) in [5, 5.41) is 4.37. The van der Waals surface area contributed by atoms with Crippen molar-refractivity contribution in [2.75, 3.05) is 6.54 Å². The van der Waals surface area contributed by atoms with Crippen LogP contribution in [0.25, 0.3) is 0 Å². The van der Waals surface area contributed by atoms with Crippen molar-refractivity contribution < 1.29 is 0 Å². The molecule has 3 nitrogen and oxygen atoms in total. The fourth-order valence-corrected chi connectivity index (χ4v) is 3.28. The number of hydrogen-bond acceptors (Lipinski definition) is 2. The van der Waals surface area contributed by atoms with E-state index >= 15 is 0 Å². The van der Waals surface area contributed by atoms with Crippen LogP contribution in [0.2, 0.25) is 5.02 Å². The minimum absolute atomic E-state index is 0.289. The molecular formula is C16H21BrClN3. The number of aryl methyl sites for hydroxylation is 2. The van der Waals surface area contributed by atoms with Crippen molar-refractivity contribution in [1.82, 2.24) is 14.9 Å². The van der Waals surface area contributed by atoms with Crippen LogP contribution in [0.4, 0.5) is 0 Å². The lowest BCUT2D eigenvalue weighted by molar-refractivity contribution is 0.491. The molecule has 114 valence electrons. The van der Waals surface area contributed by atoms with Gasteiger partial charge < -0.3 is 9.88 Å². The second-order valence-electron chi connectivity index (χ2n) is 5.20. The third-order valence-electron chi connectivity index (χ3n) is 3.51. The van der Waals surface area contributed by atoms with E-state index in [2.05, 4.69) is 43.8 Å². The first-order chi connectivity index (χ1) is 10.1. The summed E-state index contributed by atoms with van der Waals surface area (Å²) in [6.07, 6.45) is 6.88. The SMILES string of the molecule is CCCNC(CCc1nccn1C)c1cc(Cl)cc(Br)c1. The number of rotatable bonds is 7. The zero-order valence-electron chi connectivity index (χ0n) is 12.4. The number of nitrogens with zero attached hydrogens (tertiary/aromatic N) is 2. The third-order valence-corrected chi connectivity index (χ3v) is 4.18. The largest absolute Gasteiger partial charge is 0.338 e. The Morgan fingerprint density at radius 3 is 2.81 bits per heavy atom. The molecule has 21 heavy (non-hydrogen) atoms. The van der Waals surface area contributed by atoms with E-state index in [4.69, 9.17) is 11.6 Å². The molecule has 1 unspecified atom stereocenters. The summed E-state index contributed by atoms with van der Waals surface area (Å²) in [5.74, 6) is 1.11. The van der Waals surface area contributed by atoms with Gasteiger partial charge in [-0.2, -0.15) is 0 Å². The highest BCUT2D eigenvalue weighted by molar-refractivity contribution is 9.10. The van der Waals surface area contributed by atoms with Crippen LogP contribution in [0.1, 0.15) is 37.2 Å². The van der Waals surface area contributed by atoms with Gasteiger partial charge in [-0.3, -0.25) is 0 Å².